The molecule has 0 saturated carbocycles. The first kappa shape index (κ1) is 13.9. The fourth-order valence-electron chi connectivity index (χ4n) is 2.63. The van der Waals surface area contributed by atoms with Crippen LogP contribution in [0.4, 0.5) is 0 Å². The molecule has 0 saturated heterocycles. The van der Waals surface area contributed by atoms with Gasteiger partial charge in [0, 0.05) is 17.2 Å². The van der Waals surface area contributed by atoms with Gasteiger partial charge in [-0.05, 0) is 17.9 Å². The van der Waals surface area contributed by atoms with Crippen molar-refractivity contribution in [3.05, 3.63) is 23.7 Å². The van der Waals surface area contributed by atoms with Crippen LogP contribution in [0.2, 0.25) is 0 Å². The highest BCUT2D eigenvalue weighted by Crippen LogP contribution is 2.40. The largest absolute Gasteiger partial charge is 0.399 e. The van der Waals surface area contributed by atoms with Crippen molar-refractivity contribution < 1.29 is 0 Å². The Kier molecular flexibility index (Phi) is 3.23. The summed E-state index contributed by atoms with van der Waals surface area (Å²) in [5.41, 5.74) is 18.0. The van der Waals surface area contributed by atoms with Crippen LogP contribution >= 0.6 is 0 Å². The van der Waals surface area contributed by atoms with E-state index in [-0.39, 0.29) is 10.8 Å². The molecule has 0 aliphatic carbocycles. The molecule has 0 fully saturated rings. The number of hydrogen-bond donors (Lipinski definition) is 4. The first-order valence-electron chi connectivity index (χ1n) is 5.98. The fraction of sp³-hybridized carbons (Fsp3) is 0.692. The van der Waals surface area contributed by atoms with Crippen LogP contribution in [0, 0.1) is 10.8 Å². The van der Waals surface area contributed by atoms with Crippen molar-refractivity contribution in [3.63, 3.8) is 0 Å². The molecule has 4 heteroatoms. The Balaban J connectivity index is 3.02. The van der Waals surface area contributed by atoms with Crippen LogP contribution in [0.3, 0.4) is 0 Å². The Labute approximate surface area is 104 Å². The lowest BCUT2D eigenvalue weighted by Gasteiger charge is -2.47. The summed E-state index contributed by atoms with van der Waals surface area (Å²) >= 11 is 0. The van der Waals surface area contributed by atoms with Gasteiger partial charge < -0.3 is 22.5 Å². The zero-order chi connectivity index (χ0) is 13.5. The van der Waals surface area contributed by atoms with Crippen LogP contribution in [-0.4, -0.2) is 5.66 Å². The van der Waals surface area contributed by atoms with E-state index in [1.165, 1.54) is 0 Å². The van der Waals surface area contributed by atoms with Crippen LogP contribution in [0.15, 0.2) is 23.7 Å². The van der Waals surface area contributed by atoms with Crippen molar-refractivity contribution in [1.82, 2.24) is 5.32 Å². The van der Waals surface area contributed by atoms with Gasteiger partial charge in [0.25, 0.3) is 0 Å². The van der Waals surface area contributed by atoms with Crippen molar-refractivity contribution in [1.29, 1.82) is 0 Å². The molecular formula is C13H26N4. The molecule has 98 valence electrons. The van der Waals surface area contributed by atoms with Crippen LogP contribution in [0.5, 0.6) is 0 Å². The molecule has 0 aromatic carbocycles. The minimum absolute atomic E-state index is 0.158. The lowest BCUT2D eigenvalue weighted by atomic mass is 9.68. The summed E-state index contributed by atoms with van der Waals surface area (Å²) < 4.78 is 0. The lowest BCUT2D eigenvalue weighted by molar-refractivity contribution is 0.112. The SMILES string of the molecule is CC(C)(C)CC(C)(C)C1(N)C=C(N)C=C(N)N1. The van der Waals surface area contributed by atoms with Crippen LogP contribution in [-0.2, 0) is 0 Å². The molecular weight excluding hydrogens is 212 g/mol. The second-order valence-electron chi connectivity index (χ2n) is 6.86. The first-order valence-corrected chi connectivity index (χ1v) is 5.98. The maximum Gasteiger partial charge on any atom is 0.113 e. The van der Waals surface area contributed by atoms with E-state index in [9.17, 15) is 0 Å². The third-order valence-electron chi connectivity index (χ3n) is 3.16. The average Bonchev–Trinajstić information content (AvgIpc) is 1.94. The minimum Gasteiger partial charge on any atom is -0.399 e. The summed E-state index contributed by atoms with van der Waals surface area (Å²) in [6.07, 6.45) is 4.51. The molecule has 4 nitrogen and oxygen atoms in total. The number of allylic oxidation sites excluding steroid dienone is 1. The van der Waals surface area contributed by atoms with Gasteiger partial charge in [0.15, 0.2) is 0 Å². The Bertz CT molecular complexity index is 360. The number of nitrogens with one attached hydrogen (secondary N) is 1. The van der Waals surface area contributed by atoms with Crippen LogP contribution in [0.25, 0.3) is 0 Å². The minimum atomic E-state index is -0.705. The van der Waals surface area contributed by atoms with Gasteiger partial charge in [0.1, 0.15) is 5.66 Å². The molecule has 0 aromatic heterocycles. The molecule has 0 aromatic rings. The van der Waals surface area contributed by atoms with Crippen molar-refractivity contribution >= 4 is 0 Å². The predicted molar refractivity (Wildman–Crippen MR) is 72.4 cm³/mol. The summed E-state index contributed by atoms with van der Waals surface area (Å²) in [6, 6.07) is 0. The second kappa shape index (κ2) is 3.95. The van der Waals surface area contributed by atoms with Crippen LogP contribution < -0.4 is 22.5 Å². The van der Waals surface area contributed by atoms with Crippen molar-refractivity contribution in [3.8, 4) is 0 Å². The fourth-order valence-corrected chi connectivity index (χ4v) is 2.63. The summed E-state index contributed by atoms with van der Waals surface area (Å²) in [5.74, 6) is 0.523. The summed E-state index contributed by atoms with van der Waals surface area (Å²) in [4.78, 5) is 0. The summed E-state index contributed by atoms with van der Waals surface area (Å²) in [6.45, 7) is 10.9. The van der Waals surface area contributed by atoms with E-state index < -0.39 is 5.66 Å². The standard InChI is InChI=1S/C13H26N4/c1-11(2,3)8-12(4,5)13(16)7-9(14)6-10(15)17-13/h6-7,17H,8,14-16H2,1-5H3. The zero-order valence-electron chi connectivity index (χ0n) is 11.6. The monoisotopic (exact) mass is 238 g/mol. The second-order valence-corrected chi connectivity index (χ2v) is 6.86. The molecule has 0 radical (unpaired) electrons. The normalized spacial score (nSPS) is 26.0. The Morgan fingerprint density at radius 2 is 1.71 bits per heavy atom. The molecule has 1 unspecified atom stereocenters. The van der Waals surface area contributed by atoms with E-state index >= 15 is 0 Å². The van der Waals surface area contributed by atoms with Gasteiger partial charge in [-0.15, -0.1) is 0 Å². The van der Waals surface area contributed by atoms with Crippen molar-refractivity contribution in [2.24, 2.45) is 28.0 Å². The molecule has 17 heavy (non-hydrogen) atoms. The van der Waals surface area contributed by atoms with Crippen LogP contribution in [0.1, 0.15) is 41.0 Å². The van der Waals surface area contributed by atoms with Gasteiger partial charge in [-0.3, -0.25) is 0 Å². The molecule has 0 bridgehead atoms. The Morgan fingerprint density at radius 1 is 1.18 bits per heavy atom. The molecule has 1 atom stereocenters. The van der Waals surface area contributed by atoms with E-state index in [4.69, 9.17) is 17.2 Å². The third-order valence-corrected chi connectivity index (χ3v) is 3.16. The maximum absolute atomic E-state index is 6.44. The smallest absolute Gasteiger partial charge is 0.113 e. The number of dihydropyridines is 1. The molecule has 0 spiro atoms. The molecule has 0 amide bonds. The maximum atomic E-state index is 6.44. The highest BCUT2D eigenvalue weighted by atomic mass is 15.2. The third kappa shape index (κ3) is 3.16. The molecule has 1 heterocycles. The van der Waals surface area contributed by atoms with Gasteiger partial charge in [0.2, 0.25) is 0 Å². The van der Waals surface area contributed by atoms with Gasteiger partial charge in [0.05, 0.1) is 5.82 Å². The van der Waals surface area contributed by atoms with Gasteiger partial charge in [-0.25, -0.2) is 0 Å². The Morgan fingerprint density at radius 3 is 2.12 bits per heavy atom. The van der Waals surface area contributed by atoms with Gasteiger partial charge in [-0.2, -0.15) is 0 Å². The molecule has 1 rings (SSSR count). The van der Waals surface area contributed by atoms with Gasteiger partial charge >= 0.3 is 0 Å². The van der Waals surface area contributed by atoms with E-state index in [2.05, 4.69) is 39.9 Å². The number of nitrogens with two attached hydrogens (primary N) is 3. The number of hydrogen-bond acceptors (Lipinski definition) is 4. The summed E-state index contributed by atoms with van der Waals surface area (Å²) in [7, 11) is 0. The topological polar surface area (TPSA) is 90.1 Å². The highest BCUT2D eigenvalue weighted by molar-refractivity contribution is 5.31. The van der Waals surface area contributed by atoms with Crippen molar-refractivity contribution in [2.75, 3.05) is 0 Å². The van der Waals surface area contributed by atoms with E-state index in [1.807, 2.05) is 6.08 Å². The quantitative estimate of drug-likeness (QED) is 0.584. The van der Waals surface area contributed by atoms with E-state index in [1.54, 1.807) is 6.08 Å². The zero-order valence-corrected chi connectivity index (χ0v) is 11.6. The van der Waals surface area contributed by atoms with E-state index in [0.29, 0.717) is 11.5 Å². The van der Waals surface area contributed by atoms with Gasteiger partial charge in [-0.1, -0.05) is 34.6 Å². The van der Waals surface area contributed by atoms with Crippen molar-refractivity contribution in [2.45, 2.75) is 46.7 Å². The molecule has 7 N–H and O–H groups in total. The highest BCUT2D eigenvalue weighted by Gasteiger charge is 2.43. The molecule has 1 aliphatic heterocycles. The van der Waals surface area contributed by atoms with E-state index in [0.717, 1.165) is 6.42 Å². The average molecular weight is 238 g/mol. The number of rotatable bonds is 2. The predicted octanol–water partition coefficient (Wildman–Crippen LogP) is 1.35. The first-order chi connectivity index (χ1) is 7.45. The molecule has 1 aliphatic rings. The Hall–Kier alpha value is -1.16. The lowest BCUT2D eigenvalue weighted by Crippen LogP contribution is -2.64. The summed E-state index contributed by atoms with van der Waals surface area (Å²) in [5, 5.41) is 3.15.